The van der Waals surface area contributed by atoms with E-state index in [9.17, 15) is 4.79 Å². The zero-order chi connectivity index (χ0) is 27.1. The number of aromatic nitrogens is 6. The fourth-order valence-corrected chi connectivity index (χ4v) is 6.11. The SMILES string of the molecule is CC(Nc1ncnc(N)c1C#Cc1cnccn1)c1nc2cccc(Cl)c2c(=O)n1C1CC2CCC(C1)N2C. The molecule has 2 aliphatic rings. The monoisotopic (exact) mass is 541 g/mol. The lowest BCUT2D eigenvalue weighted by molar-refractivity contribution is 0.133. The van der Waals surface area contributed by atoms with Gasteiger partial charge < -0.3 is 16.0 Å². The molecule has 2 fully saturated rings. The molecule has 2 aliphatic heterocycles. The van der Waals surface area contributed by atoms with Gasteiger partial charge in [0.2, 0.25) is 0 Å². The molecule has 4 aromatic rings. The first-order valence-corrected chi connectivity index (χ1v) is 13.4. The Morgan fingerprint density at radius 1 is 1.10 bits per heavy atom. The molecule has 0 aliphatic carbocycles. The average Bonchev–Trinajstić information content (AvgIpc) is 3.12. The zero-order valence-electron chi connectivity index (χ0n) is 21.7. The molecular weight excluding hydrogens is 514 g/mol. The van der Waals surface area contributed by atoms with Crippen LogP contribution in [-0.4, -0.2) is 53.5 Å². The Bertz CT molecular complexity index is 1650. The van der Waals surface area contributed by atoms with Crippen molar-refractivity contribution in [3.8, 4) is 11.8 Å². The number of nitrogen functional groups attached to an aromatic ring is 1. The van der Waals surface area contributed by atoms with Crippen molar-refractivity contribution < 1.29 is 0 Å². The van der Waals surface area contributed by atoms with Crippen LogP contribution in [0, 0.1) is 11.8 Å². The van der Waals surface area contributed by atoms with E-state index < -0.39 is 6.04 Å². The van der Waals surface area contributed by atoms with Gasteiger partial charge in [-0.1, -0.05) is 23.6 Å². The summed E-state index contributed by atoms with van der Waals surface area (Å²) in [6, 6.07) is 5.89. The van der Waals surface area contributed by atoms with Gasteiger partial charge >= 0.3 is 0 Å². The van der Waals surface area contributed by atoms with Crippen LogP contribution in [0.4, 0.5) is 11.6 Å². The number of hydrogen-bond donors (Lipinski definition) is 2. The van der Waals surface area contributed by atoms with Gasteiger partial charge in [-0.2, -0.15) is 0 Å². The maximum Gasteiger partial charge on any atom is 0.263 e. The van der Waals surface area contributed by atoms with Gasteiger partial charge in [0.15, 0.2) is 0 Å². The predicted octanol–water partition coefficient (Wildman–Crippen LogP) is 3.58. The second-order valence-corrected chi connectivity index (χ2v) is 10.6. The van der Waals surface area contributed by atoms with Gasteiger partial charge in [-0.25, -0.2) is 19.9 Å². The number of rotatable bonds is 4. The van der Waals surface area contributed by atoms with Crippen molar-refractivity contribution in [2.45, 2.75) is 56.8 Å². The molecule has 1 aromatic carbocycles. The van der Waals surface area contributed by atoms with E-state index in [1.165, 1.54) is 6.33 Å². The van der Waals surface area contributed by atoms with Crippen molar-refractivity contribution in [2.75, 3.05) is 18.1 Å². The van der Waals surface area contributed by atoms with Gasteiger partial charge in [-0.15, -0.1) is 0 Å². The molecule has 3 N–H and O–H groups in total. The van der Waals surface area contributed by atoms with Crippen molar-refractivity contribution in [3.05, 3.63) is 75.6 Å². The number of fused-ring (bicyclic) bond motifs is 3. The summed E-state index contributed by atoms with van der Waals surface area (Å²) in [5, 5.41) is 4.26. The number of hydrogen-bond acceptors (Lipinski definition) is 9. The minimum Gasteiger partial charge on any atom is -0.382 e. The summed E-state index contributed by atoms with van der Waals surface area (Å²) in [4.78, 5) is 38.2. The van der Waals surface area contributed by atoms with Gasteiger partial charge in [0.1, 0.15) is 35.0 Å². The molecular formula is C28H28ClN9O. The molecule has 0 radical (unpaired) electrons. The van der Waals surface area contributed by atoms with Crippen LogP contribution in [0.3, 0.4) is 0 Å². The lowest BCUT2D eigenvalue weighted by Crippen LogP contribution is -2.44. The Morgan fingerprint density at radius 3 is 2.64 bits per heavy atom. The van der Waals surface area contributed by atoms with Crippen LogP contribution in [-0.2, 0) is 0 Å². The van der Waals surface area contributed by atoms with Gasteiger partial charge in [0.25, 0.3) is 5.56 Å². The number of halogens is 1. The first-order valence-electron chi connectivity index (χ1n) is 13.0. The summed E-state index contributed by atoms with van der Waals surface area (Å²) in [6.07, 6.45) is 10.2. The van der Waals surface area contributed by atoms with Crippen molar-refractivity contribution in [1.82, 2.24) is 34.4 Å². The van der Waals surface area contributed by atoms with E-state index in [2.05, 4.69) is 49.0 Å². The van der Waals surface area contributed by atoms with Crippen LogP contribution >= 0.6 is 11.6 Å². The number of nitrogens with zero attached hydrogens (tertiary/aromatic N) is 7. The first kappa shape index (κ1) is 25.2. The Morgan fingerprint density at radius 2 is 1.90 bits per heavy atom. The normalized spacial score (nSPS) is 21.4. The molecule has 3 atom stereocenters. The number of nitrogens with one attached hydrogen (secondary N) is 1. The van der Waals surface area contributed by atoms with Gasteiger partial charge in [-0.3, -0.25) is 14.3 Å². The Kier molecular flexibility index (Phi) is 6.62. The van der Waals surface area contributed by atoms with E-state index >= 15 is 0 Å². The summed E-state index contributed by atoms with van der Waals surface area (Å²) in [6.45, 7) is 1.95. The van der Waals surface area contributed by atoms with Crippen LogP contribution in [0.15, 0.2) is 47.9 Å². The van der Waals surface area contributed by atoms with E-state index in [1.807, 2.05) is 23.6 Å². The Labute approximate surface area is 230 Å². The first-order chi connectivity index (χ1) is 18.9. The maximum absolute atomic E-state index is 14.0. The molecule has 39 heavy (non-hydrogen) atoms. The fourth-order valence-electron chi connectivity index (χ4n) is 5.86. The maximum atomic E-state index is 14.0. The topological polar surface area (TPSA) is 128 Å². The van der Waals surface area contributed by atoms with Crippen molar-refractivity contribution in [2.24, 2.45) is 0 Å². The summed E-state index contributed by atoms with van der Waals surface area (Å²) in [5.74, 6) is 7.29. The fraction of sp³-hybridized carbons (Fsp3) is 0.357. The molecule has 2 saturated heterocycles. The second kappa shape index (κ2) is 10.2. The Balaban J connectivity index is 1.42. The summed E-state index contributed by atoms with van der Waals surface area (Å²) >= 11 is 6.52. The van der Waals surface area contributed by atoms with E-state index in [0.717, 1.165) is 25.7 Å². The lowest BCUT2D eigenvalue weighted by atomic mass is 9.97. The lowest BCUT2D eigenvalue weighted by Gasteiger charge is -2.38. The molecule has 10 nitrogen and oxygen atoms in total. The minimum absolute atomic E-state index is 0.0185. The molecule has 2 bridgehead atoms. The van der Waals surface area contributed by atoms with E-state index in [-0.39, 0.29) is 17.4 Å². The molecule has 0 saturated carbocycles. The largest absolute Gasteiger partial charge is 0.382 e. The van der Waals surface area contributed by atoms with Crippen LogP contribution in [0.5, 0.6) is 0 Å². The highest BCUT2D eigenvalue weighted by molar-refractivity contribution is 6.35. The summed E-state index contributed by atoms with van der Waals surface area (Å²) in [7, 11) is 2.19. The second-order valence-electron chi connectivity index (χ2n) is 10.1. The van der Waals surface area contributed by atoms with Crippen LogP contribution in [0.2, 0.25) is 5.02 Å². The average molecular weight is 542 g/mol. The van der Waals surface area contributed by atoms with Gasteiger partial charge in [-0.05, 0) is 57.7 Å². The number of nitrogens with two attached hydrogens (primary N) is 1. The van der Waals surface area contributed by atoms with Crippen molar-refractivity contribution in [1.29, 1.82) is 0 Å². The summed E-state index contributed by atoms with van der Waals surface area (Å²) in [5.41, 5.74) is 7.57. The highest BCUT2D eigenvalue weighted by Gasteiger charge is 2.40. The number of benzene rings is 1. The molecule has 3 aromatic heterocycles. The Hall–Kier alpha value is -4.07. The van der Waals surface area contributed by atoms with Gasteiger partial charge in [0, 0.05) is 30.5 Å². The number of anilines is 2. The molecule has 0 spiro atoms. The van der Waals surface area contributed by atoms with E-state index in [0.29, 0.717) is 50.9 Å². The third-order valence-corrected chi connectivity index (χ3v) is 8.16. The molecule has 6 rings (SSSR count). The highest BCUT2D eigenvalue weighted by atomic mass is 35.5. The molecule has 3 unspecified atom stereocenters. The zero-order valence-corrected chi connectivity index (χ0v) is 22.4. The quantitative estimate of drug-likeness (QED) is 0.372. The molecule has 11 heteroatoms. The smallest absolute Gasteiger partial charge is 0.263 e. The molecule has 198 valence electrons. The minimum atomic E-state index is -0.398. The van der Waals surface area contributed by atoms with Gasteiger partial charge in [0.05, 0.1) is 28.2 Å². The standard InChI is InChI=1S/C28H28ClN9O/c1-16(35-26-21(25(30)33-15-34-26)9-6-17-14-31-10-11-32-17)27-36-23-5-3-4-22(29)24(23)28(39)38(27)20-12-18-7-8-19(13-20)37(18)2/h3-5,10-11,14-16,18-20H,7-8,12-13H2,1-2H3,(H3,30,33,34,35). The highest BCUT2D eigenvalue weighted by Crippen LogP contribution is 2.40. The van der Waals surface area contributed by atoms with Crippen LogP contribution in [0.25, 0.3) is 10.9 Å². The molecule has 0 amide bonds. The predicted molar refractivity (Wildman–Crippen MR) is 150 cm³/mol. The van der Waals surface area contributed by atoms with E-state index in [4.69, 9.17) is 22.3 Å². The third-order valence-electron chi connectivity index (χ3n) is 7.84. The van der Waals surface area contributed by atoms with Crippen LogP contribution < -0.4 is 16.6 Å². The molecule has 5 heterocycles. The third kappa shape index (κ3) is 4.68. The van der Waals surface area contributed by atoms with Crippen molar-refractivity contribution >= 4 is 34.1 Å². The number of piperidine rings is 1. The van der Waals surface area contributed by atoms with Crippen LogP contribution in [0.1, 0.15) is 61.8 Å². The van der Waals surface area contributed by atoms with E-state index in [1.54, 1.807) is 24.7 Å². The van der Waals surface area contributed by atoms with Crippen molar-refractivity contribution in [3.63, 3.8) is 0 Å². The summed E-state index contributed by atoms with van der Waals surface area (Å²) < 4.78 is 1.86.